The molecule has 0 spiro atoms. The Morgan fingerprint density at radius 2 is 1.59 bits per heavy atom. The number of rotatable bonds is 8. The van der Waals surface area contributed by atoms with Gasteiger partial charge in [0.15, 0.2) is 0 Å². The summed E-state index contributed by atoms with van der Waals surface area (Å²) in [6.45, 7) is 4.93. The van der Waals surface area contributed by atoms with Crippen LogP contribution >= 0.6 is 0 Å². The van der Waals surface area contributed by atoms with Crippen molar-refractivity contribution in [2.24, 2.45) is 5.73 Å². The Hall–Kier alpha value is -2.49. The Morgan fingerprint density at radius 1 is 0.926 bits per heavy atom. The van der Waals surface area contributed by atoms with E-state index in [4.69, 9.17) is 10.5 Å². The van der Waals surface area contributed by atoms with E-state index in [2.05, 4.69) is 24.3 Å². The summed E-state index contributed by atoms with van der Waals surface area (Å²) in [4.78, 5) is 12.9. The Kier molecular flexibility index (Phi) is 6.38. The van der Waals surface area contributed by atoms with E-state index in [1.165, 1.54) is 5.39 Å². The van der Waals surface area contributed by atoms with Crippen LogP contribution in [0, 0.1) is 0 Å². The van der Waals surface area contributed by atoms with Crippen molar-refractivity contribution in [1.82, 2.24) is 0 Å². The molecule has 3 aromatic carbocycles. The predicted molar refractivity (Wildman–Crippen MR) is 111 cm³/mol. The molecular weight excluding hydrogens is 334 g/mol. The fourth-order valence-electron chi connectivity index (χ4n) is 3.24. The van der Waals surface area contributed by atoms with Gasteiger partial charge in [-0.2, -0.15) is 0 Å². The molecule has 3 aromatic rings. The minimum Gasteiger partial charge on any atom is -0.374 e. The number of nitrogens with two attached hydrogens (primary N) is 1. The number of ether oxygens (including phenoxy) is 1. The standard InChI is InChI=1S/C24H27NO2/c1-17(2)27-16-18-7-11-21(12-8-18)23(15-25)24(26)14-19-9-10-20-5-3-4-6-22(20)13-19/h3-13,17,23H,14-16,25H2,1-2H3/t23-/m1/s1. The third kappa shape index (κ3) is 5.03. The first-order chi connectivity index (χ1) is 13.1. The van der Waals surface area contributed by atoms with Crippen molar-refractivity contribution in [1.29, 1.82) is 0 Å². The zero-order valence-corrected chi connectivity index (χ0v) is 16.0. The van der Waals surface area contributed by atoms with Crippen LogP contribution in [-0.4, -0.2) is 18.4 Å². The van der Waals surface area contributed by atoms with Crippen molar-refractivity contribution in [3.8, 4) is 0 Å². The van der Waals surface area contributed by atoms with Crippen LogP contribution in [0.25, 0.3) is 10.8 Å². The van der Waals surface area contributed by atoms with E-state index in [0.717, 1.165) is 22.1 Å². The number of benzene rings is 3. The molecule has 2 N–H and O–H groups in total. The fraction of sp³-hybridized carbons (Fsp3) is 0.292. The van der Waals surface area contributed by atoms with Crippen molar-refractivity contribution >= 4 is 16.6 Å². The molecule has 0 radical (unpaired) electrons. The van der Waals surface area contributed by atoms with Gasteiger partial charge in [-0.05, 0) is 41.3 Å². The molecule has 0 amide bonds. The number of hydrogen-bond donors (Lipinski definition) is 1. The number of fused-ring (bicyclic) bond motifs is 1. The van der Waals surface area contributed by atoms with Crippen molar-refractivity contribution in [3.05, 3.63) is 83.4 Å². The molecule has 0 aliphatic rings. The molecule has 0 aliphatic heterocycles. The summed E-state index contributed by atoms with van der Waals surface area (Å²) in [6, 6.07) is 22.4. The van der Waals surface area contributed by atoms with Gasteiger partial charge < -0.3 is 10.5 Å². The molecule has 0 aliphatic carbocycles. The van der Waals surface area contributed by atoms with E-state index >= 15 is 0 Å². The van der Waals surface area contributed by atoms with Gasteiger partial charge in [-0.15, -0.1) is 0 Å². The van der Waals surface area contributed by atoms with Crippen LogP contribution in [0.2, 0.25) is 0 Å². The van der Waals surface area contributed by atoms with Crippen LogP contribution in [0.5, 0.6) is 0 Å². The molecule has 0 aromatic heterocycles. The third-order valence-electron chi connectivity index (χ3n) is 4.78. The van der Waals surface area contributed by atoms with Crippen LogP contribution in [-0.2, 0) is 22.6 Å². The molecule has 27 heavy (non-hydrogen) atoms. The SMILES string of the molecule is CC(C)OCc1ccc([C@@H](CN)C(=O)Cc2ccc3ccccc3c2)cc1. The van der Waals surface area contributed by atoms with Gasteiger partial charge in [-0.25, -0.2) is 0 Å². The summed E-state index contributed by atoms with van der Waals surface area (Å²) in [5.74, 6) is -0.129. The van der Waals surface area contributed by atoms with Crippen molar-refractivity contribution < 1.29 is 9.53 Å². The van der Waals surface area contributed by atoms with E-state index in [1.54, 1.807) is 0 Å². The molecule has 3 rings (SSSR count). The lowest BCUT2D eigenvalue weighted by Gasteiger charge is -2.15. The second-order valence-electron chi connectivity index (χ2n) is 7.21. The van der Waals surface area contributed by atoms with Crippen LogP contribution < -0.4 is 5.73 Å². The first kappa shape index (κ1) is 19.3. The molecule has 1 atom stereocenters. The third-order valence-corrected chi connectivity index (χ3v) is 4.78. The Morgan fingerprint density at radius 3 is 2.26 bits per heavy atom. The zero-order valence-electron chi connectivity index (χ0n) is 16.0. The highest BCUT2D eigenvalue weighted by Gasteiger charge is 2.19. The van der Waals surface area contributed by atoms with E-state index in [9.17, 15) is 4.79 Å². The molecule has 0 fully saturated rings. The van der Waals surface area contributed by atoms with Gasteiger partial charge in [0.2, 0.25) is 0 Å². The summed E-state index contributed by atoms with van der Waals surface area (Å²) in [5, 5.41) is 2.34. The second-order valence-corrected chi connectivity index (χ2v) is 7.21. The maximum Gasteiger partial charge on any atom is 0.145 e. The molecule has 0 bridgehead atoms. The second kappa shape index (κ2) is 8.94. The minimum absolute atomic E-state index is 0.152. The zero-order chi connectivity index (χ0) is 19.2. The lowest BCUT2D eigenvalue weighted by Crippen LogP contribution is -2.23. The monoisotopic (exact) mass is 361 g/mol. The molecule has 3 heteroatoms. The highest BCUT2D eigenvalue weighted by molar-refractivity contribution is 5.90. The number of ketones is 1. The molecule has 140 valence electrons. The summed E-state index contributed by atoms with van der Waals surface area (Å²) >= 11 is 0. The van der Waals surface area contributed by atoms with Crippen LogP contribution in [0.4, 0.5) is 0 Å². The van der Waals surface area contributed by atoms with Gasteiger partial charge in [0, 0.05) is 13.0 Å². The molecule has 3 nitrogen and oxygen atoms in total. The van der Waals surface area contributed by atoms with Gasteiger partial charge in [-0.1, -0.05) is 66.7 Å². The maximum absolute atomic E-state index is 12.9. The Bertz CT molecular complexity index is 900. The summed E-state index contributed by atoms with van der Waals surface area (Å²) < 4.78 is 5.62. The fourth-order valence-corrected chi connectivity index (χ4v) is 3.24. The highest BCUT2D eigenvalue weighted by atomic mass is 16.5. The summed E-state index contributed by atoms with van der Waals surface area (Å²) in [5.41, 5.74) is 9.04. The molecule has 0 unspecified atom stereocenters. The van der Waals surface area contributed by atoms with Gasteiger partial charge in [0.25, 0.3) is 0 Å². The van der Waals surface area contributed by atoms with Crippen LogP contribution in [0.15, 0.2) is 66.7 Å². The summed E-state index contributed by atoms with van der Waals surface area (Å²) in [6.07, 6.45) is 0.593. The number of carbonyl (C=O) groups is 1. The predicted octanol–water partition coefficient (Wildman–Crippen LogP) is 4.62. The lowest BCUT2D eigenvalue weighted by atomic mass is 9.90. The minimum atomic E-state index is -0.281. The molecular formula is C24H27NO2. The average Bonchev–Trinajstić information content (AvgIpc) is 2.68. The van der Waals surface area contributed by atoms with E-state index in [1.807, 2.05) is 56.3 Å². The Balaban J connectivity index is 1.71. The van der Waals surface area contributed by atoms with E-state index < -0.39 is 0 Å². The lowest BCUT2D eigenvalue weighted by molar-refractivity contribution is -0.119. The molecule has 0 heterocycles. The number of carbonyl (C=O) groups excluding carboxylic acids is 1. The smallest absolute Gasteiger partial charge is 0.145 e. The molecule has 0 saturated carbocycles. The van der Waals surface area contributed by atoms with Crippen molar-refractivity contribution in [3.63, 3.8) is 0 Å². The van der Waals surface area contributed by atoms with Gasteiger partial charge in [-0.3, -0.25) is 4.79 Å². The van der Waals surface area contributed by atoms with Gasteiger partial charge in [0.05, 0.1) is 18.6 Å². The number of Topliss-reactive ketones (excluding diaryl/α,β-unsaturated/α-hetero) is 1. The average molecular weight is 361 g/mol. The normalized spacial score (nSPS) is 12.4. The largest absolute Gasteiger partial charge is 0.374 e. The topological polar surface area (TPSA) is 52.3 Å². The number of hydrogen-bond acceptors (Lipinski definition) is 3. The first-order valence-corrected chi connectivity index (χ1v) is 9.47. The van der Waals surface area contributed by atoms with Crippen molar-refractivity contribution in [2.45, 2.75) is 38.9 Å². The van der Waals surface area contributed by atoms with Crippen LogP contribution in [0.3, 0.4) is 0 Å². The van der Waals surface area contributed by atoms with Gasteiger partial charge >= 0.3 is 0 Å². The first-order valence-electron chi connectivity index (χ1n) is 9.47. The van der Waals surface area contributed by atoms with Crippen molar-refractivity contribution in [2.75, 3.05) is 6.54 Å². The van der Waals surface area contributed by atoms with Gasteiger partial charge in [0.1, 0.15) is 5.78 Å². The maximum atomic E-state index is 12.9. The Labute approximate surface area is 161 Å². The van der Waals surface area contributed by atoms with E-state index in [0.29, 0.717) is 19.6 Å². The van der Waals surface area contributed by atoms with E-state index in [-0.39, 0.29) is 17.8 Å². The quantitative estimate of drug-likeness (QED) is 0.637. The molecule has 0 saturated heterocycles. The highest BCUT2D eigenvalue weighted by Crippen LogP contribution is 2.21. The summed E-state index contributed by atoms with van der Waals surface area (Å²) in [7, 11) is 0. The van der Waals surface area contributed by atoms with Crippen LogP contribution in [0.1, 0.15) is 36.5 Å².